The number of unbranched alkanes of at least 4 members (excludes halogenated alkanes) is 16. The van der Waals surface area contributed by atoms with Gasteiger partial charge in [-0.2, -0.15) is 0 Å². The molecule has 0 saturated heterocycles. The van der Waals surface area contributed by atoms with Crippen molar-refractivity contribution in [3.05, 3.63) is 0 Å². The quantitative estimate of drug-likeness (QED) is 0.171. The van der Waals surface area contributed by atoms with Crippen LogP contribution in [0.2, 0.25) is 0 Å². The van der Waals surface area contributed by atoms with Crippen molar-refractivity contribution in [2.75, 3.05) is 6.61 Å². The van der Waals surface area contributed by atoms with Crippen LogP contribution in [0.3, 0.4) is 0 Å². The highest BCUT2D eigenvalue weighted by atomic mass is 16.8. The van der Waals surface area contributed by atoms with E-state index in [1.54, 1.807) is 5.64 Å². The Morgan fingerprint density at radius 1 is 0.481 bits per heavy atom. The second-order valence-corrected chi connectivity index (χ2v) is 7.24. The van der Waals surface area contributed by atoms with Crippen LogP contribution in [-0.4, -0.2) is 11.8 Å². The largest absolute Gasteiger partial charge is 0.292 e. The third-order valence-electron chi connectivity index (χ3n) is 4.66. The zero-order chi connectivity index (χ0) is 20.8. The maximum Gasteiger partial charge on any atom is 0.0709 e. The molecule has 0 fully saturated rings. The number of rotatable bonds is 19. The fourth-order valence-corrected chi connectivity index (χ4v) is 2.77. The van der Waals surface area contributed by atoms with Crippen molar-refractivity contribution in [1.82, 2.24) is 5.64 Å². The Morgan fingerprint density at radius 2 is 0.778 bits per heavy atom. The number of hydrogen-bond donors (Lipinski definition) is 2. The van der Waals surface area contributed by atoms with Gasteiger partial charge in [-0.15, -0.1) is 0 Å². The summed E-state index contributed by atoms with van der Waals surface area (Å²) in [6.45, 7) is 11.2. The maximum absolute atomic E-state index is 8.22. The Morgan fingerprint density at radius 3 is 1.04 bits per heavy atom. The van der Waals surface area contributed by atoms with Crippen LogP contribution in [0, 0.1) is 0 Å². The molecular weight excluding hydrogens is 334 g/mol. The predicted molar refractivity (Wildman–Crippen MR) is 122 cm³/mol. The van der Waals surface area contributed by atoms with Gasteiger partial charge in [0.25, 0.3) is 0 Å². The topological polar surface area (TPSA) is 41.5 Å². The molecule has 0 aliphatic heterocycles. The van der Waals surface area contributed by atoms with Gasteiger partial charge in [0, 0.05) is 0 Å². The molecule has 0 rings (SSSR count). The van der Waals surface area contributed by atoms with Crippen LogP contribution in [-0.2, 0) is 4.84 Å². The molecular formula is C24H55NO2. The van der Waals surface area contributed by atoms with Gasteiger partial charge < -0.3 is 0 Å². The maximum atomic E-state index is 8.22. The predicted octanol–water partition coefficient (Wildman–Crippen LogP) is 8.99. The lowest BCUT2D eigenvalue weighted by Crippen LogP contribution is -2.08. The summed E-state index contributed by atoms with van der Waals surface area (Å²) in [5.41, 5.74) is 1.72. The minimum Gasteiger partial charge on any atom is -0.292 e. The Kier molecular flexibility index (Phi) is 43.0. The van der Waals surface area contributed by atoms with Crippen molar-refractivity contribution in [2.24, 2.45) is 0 Å². The summed E-state index contributed by atoms with van der Waals surface area (Å²) >= 11 is 0. The third-order valence-corrected chi connectivity index (χ3v) is 4.66. The molecule has 0 atom stereocenters. The van der Waals surface area contributed by atoms with Crippen molar-refractivity contribution < 1.29 is 10.0 Å². The molecule has 3 nitrogen and oxygen atoms in total. The molecule has 27 heavy (non-hydrogen) atoms. The van der Waals surface area contributed by atoms with E-state index in [9.17, 15) is 0 Å². The number of nitrogens with one attached hydrogen (secondary N) is 1. The van der Waals surface area contributed by atoms with Crippen molar-refractivity contribution in [2.45, 2.75) is 150 Å². The fraction of sp³-hybridized carbons (Fsp3) is 1.00. The highest BCUT2D eigenvalue weighted by Crippen LogP contribution is 2.13. The molecule has 168 valence electrons. The molecule has 0 aromatic rings. The molecule has 0 amide bonds. The smallest absolute Gasteiger partial charge is 0.0709 e. The van der Waals surface area contributed by atoms with E-state index in [0.29, 0.717) is 6.61 Å². The number of hydrogen-bond acceptors (Lipinski definition) is 3. The van der Waals surface area contributed by atoms with Gasteiger partial charge in [-0.25, -0.2) is 0 Å². The first-order valence-electron chi connectivity index (χ1n) is 12.3. The van der Waals surface area contributed by atoms with Crippen molar-refractivity contribution in [1.29, 1.82) is 0 Å². The highest BCUT2D eigenvalue weighted by Gasteiger charge is 1.94. The van der Waals surface area contributed by atoms with Crippen molar-refractivity contribution in [3.63, 3.8) is 0 Å². The van der Waals surface area contributed by atoms with Crippen molar-refractivity contribution in [3.8, 4) is 0 Å². The summed E-state index contributed by atoms with van der Waals surface area (Å²) in [5.74, 6) is 0. The zero-order valence-electron chi connectivity index (χ0n) is 19.8. The van der Waals surface area contributed by atoms with Crippen LogP contribution in [0.1, 0.15) is 150 Å². The lowest BCUT2D eigenvalue weighted by molar-refractivity contribution is -0.127. The van der Waals surface area contributed by atoms with Gasteiger partial charge in [-0.1, -0.05) is 149 Å². The van der Waals surface area contributed by atoms with E-state index < -0.39 is 0 Å². The van der Waals surface area contributed by atoms with Gasteiger partial charge in [0.15, 0.2) is 0 Å². The van der Waals surface area contributed by atoms with E-state index in [1.807, 2.05) is 13.8 Å². The van der Waals surface area contributed by atoms with Gasteiger partial charge in [0.2, 0.25) is 0 Å². The lowest BCUT2D eigenvalue weighted by Gasteiger charge is -2.03. The van der Waals surface area contributed by atoms with E-state index in [-0.39, 0.29) is 0 Å². The van der Waals surface area contributed by atoms with E-state index >= 15 is 0 Å². The summed E-state index contributed by atoms with van der Waals surface area (Å²) in [6.07, 6.45) is 24.7. The molecule has 0 aromatic carbocycles. The Labute approximate surface area is 173 Å². The van der Waals surface area contributed by atoms with Crippen LogP contribution in [0.4, 0.5) is 0 Å². The molecule has 0 spiro atoms. The normalized spacial score (nSPS) is 10.0. The van der Waals surface area contributed by atoms with Gasteiger partial charge in [0.1, 0.15) is 0 Å². The zero-order valence-corrected chi connectivity index (χ0v) is 19.8. The molecule has 0 bridgehead atoms. The Hall–Kier alpha value is -0.120. The van der Waals surface area contributed by atoms with Crippen LogP contribution in [0.5, 0.6) is 0 Å². The van der Waals surface area contributed by atoms with E-state index in [1.165, 1.54) is 109 Å². The molecule has 0 aliphatic carbocycles. The summed E-state index contributed by atoms with van der Waals surface area (Å²) in [4.78, 5) is 4.66. The van der Waals surface area contributed by atoms with Gasteiger partial charge in [0.05, 0.1) is 6.61 Å². The molecule has 0 aliphatic rings. The Bertz CT molecular complexity index is 181. The first-order chi connectivity index (χ1) is 13.3. The first kappa shape index (κ1) is 31.6. The Balaban J connectivity index is -0.000000841. The average Bonchev–Trinajstić information content (AvgIpc) is 2.72. The highest BCUT2D eigenvalue weighted by molar-refractivity contribution is 4.49. The molecule has 0 unspecified atom stereocenters. The third kappa shape index (κ3) is 41.4. The monoisotopic (exact) mass is 389 g/mol. The molecule has 0 aromatic heterocycles. The van der Waals surface area contributed by atoms with Crippen molar-refractivity contribution >= 4 is 0 Å². The van der Waals surface area contributed by atoms with Crippen LogP contribution in [0.15, 0.2) is 0 Å². The summed E-state index contributed by atoms with van der Waals surface area (Å²) in [6, 6.07) is 0. The molecule has 0 heterocycles. The lowest BCUT2D eigenvalue weighted by atomic mass is 10.0. The fourth-order valence-electron chi connectivity index (χ4n) is 2.77. The molecule has 2 N–H and O–H groups in total. The van der Waals surface area contributed by atoms with Crippen LogP contribution < -0.4 is 5.64 Å². The van der Waals surface area contributed by atoms with Gasteiger partial charge >= 0.3 is 0 Å². The van der Waals surface area contributed by atoms with Gasteiger partial charge in [-0.05, 0) is 6.42 Å². The minimum atomic E-state index is 0.606. The molecule has 3 heteroatoms. The minimum absolute atomic E-state index is 0.606. The van der Waals surface area contributed by atoms with E-state index in [0.717, 1.165) is 6.42 Å². The summed E-state index contributed by atoms with van der Waals surface area (Å²) in [7, 11) is 0. The second-order valence-electron chi connectivity index (χ2n) is 7.24. The second kappa shape index (κ2) is 36.7. The summed E-state index contributed by atoms with van der Waals surface area (Å²) in [5, 5.41) is 8.22. The van der Waals surface area contributed by atoms with E-state index in [2.05, 4.69) is 25.6 Å². The summed E-state index contributed by atoms with van der Waals surface area (Å²) < 4.78 is 0. The molecule has 0 radical (unpaired) electrons. The standard InChI is InChI=1S/C18H39NO2.C4H10.C2H6/c1-2-3-4-5-6-7-8-9-10-11-12-13-14-15-16-17-18-21-19-20;1-3-4-2;1-2/h19-20H,2-18H2,1H3;3-4H2,1-2H3;1-2H3. The first-order valence-corrected chi connectivity index (χ1v) is 12.3. The van der Waals surface area contributed by atoms with Crippen LogP contribution >= 0.6 is 0 Å². The van der Waals surface area contributed by atoms with Gasteiger partial charge in [-0.3, -0.25) is 10.0 Å². The average molecular weight is 390 g/mol. The SMILES string of the molecule is CC.CCCC.CCCCCCCCCCCCCCCCCCONO. The van der Waals surface area contributed by atoms with Crippen LogP contribution in [0.25, 0.3) is 0 Å². The molecule has 0 saturated carbocycles. The van der Waals surface area contributed by atoms with E-state index in [4.69, 9.17) is 5.21 Å².